The maximum Gasteiger partial charge on any atom is 0.307 e. The number of nitrogens with one attached hydrogen (secondary N) is 1. The SMILES string of the molecule is O=C(O)Cc1cc(F)ccc1NCc1ccccn1. The quantitative estimate of drug-likeness (QED) is 0.866. The molecule has 0 spiro atoms. The molecule has 4 nitrogen and oxygen atoms in total. The normalized spacial score (nSPS) is 10.2. The van der Waals surface area contributed by atoms with Crippen molar-refractivity contribution in [3.8, 4) is 0 Å². The smallest absolute Gasteiger partial charge is 0.307 e. The van der Waals surface area contributed by atoms with E-state index in [1.165, 1.54) is 18.2 Å². The van der Waals surface area contributed by atoms with Crippen molar-refractivity contribution in [2.45, 2.75) is 13.0 Å². The van der Waals surface area contributed by atoms with Gasteiger partial charge in [-0.25, -0.2) is 4.39 Å². The minimum atomic E-state index is -0.994. The van der Waals surface area contributed by atoms with Gasteiger partial charge in [-0.3, -0.25) is 9.78 Å². The van der Waals surface area contributed by atoms with Crippen molar-refractivity contribution in [3.05, 3.63) is 59.7 Å². The van der Waals surface area contributed by atoms with Gasteiger partial charge in [0.05, 0.1) is 18.7 Å². The molecule has 0 aliphatic carbocycles. The number of aliphatic carboxylic acids is 1. The Morgan fingerprint density at radius 1 is 1.32 bits per heavy atom. The summed E-state index contributed by atoms with van der Waals surface area (Å²) in [5, 5.41) is 11.9. The lowest BCUT2D eigenvalue weighted by Gasteiger charge is -2.10. The van der Waals surface area contributed by atoms with Gasteiger partial charge < -0.3 is 10.4 Å². The minimum absolute atomic E-state index is 0.220. The first-order valence-corrected chi connectivity index (χ1v) is 5.79. The molecule has 0 aliphatic heterocycles. The van der Waals surface area contributed by atoms with Crippen LogP contribution < -0.4 is 5.32 Å². The molecule has 0 saturated carbocycles. The summed E-state index contributed by atoms with van der Waals surface area (Å²) in [5.74, 6) is -1.44. The molecule has 2 aromatic rings. The Balaban J connectivity index is 2.13. The lowest BCUT2D eigenvalue weighted by molar-refractivity contribution is -0.136. The standard InChI is InChI=1S/C14H13FN2O2/c15-11-4-5-13(10(7-11)8-14(18)19)17-9-12-3-1-2-6-16-12/h1-7,17H,8-9H2,(H,18,19). The van der Waals surface area contributed by atoms with Gasteiger partial charge >= 0.3 is 5.97 Å². The first-order chi connectivity index (χ1) is 9.15. The Morgan fingerprint density at radius 3 is 2.84 bits per heavy atom. The number of rotatable bonds is 5. The average molecular weight is 260 g/mol. The number of carboxylic acid groups (broad SMARTS) is 1. The summed E-state index contributed by atoms with van der Waals surface area (Å²) in [6.07, 6.45) is 1.46. The van der Waals surface area contributed by atoms with Gasteiger partial charge in [-0.05, 0) is 35.9 Å². The van der Waals surface area contributed by atoms with Crippen LogP contribution in [0.15, 0.2) is 42.6 Å². The second-order valence-corrected chi connectivity index (χ2v) is 4.05. The number of carbonyl (C=O) groups is 1. The maximum atomic E-state index is 13.1. The fourth-order valence-electron chi connectivity index (χ4n) is 1.73. The Hall–Kier alpha value is -2.43. The lowest BCUT2D eigenvalue weighted by Crippen LogP contribution is -2.07. The number of hydrogen-bond donors (Lipinski definition) is 2. The van der Waals surface area contributed by atoms with Gasteiger partial charge in [0.25, 0.3) is 0 Å². The summed E-state index contributed by atoms with van der Waals surface area (Å²) in [6.45, 7) is 0.457. The minimum Gasteiger partial charge on any atom is -0.481 e. The van der Waals surface area contributed by atoms with Crippen LogP contribution in [0.25, 0.3) is 0 Å². The molecule has 0 unspecified atom stereocenters. The molecule has 1 aromatic carbocycles. The van der Waals surface area contributed by atoms with E-state index < -0.39 is 11.8 Å². The van der Waals surface area contributed by atoms with Gasteiger partial charge in [0, 0.05) is 11.9 Å². The van der Waals surface area contributed by atoms with Crippen molar-refractivity contribution in [2.75, 3.05) is 5.32 Å². The molecule has 1 heterocycles. The van der Waals surface area contributed by atoms with Crippen LogP contribution in [0.1, 0.15) is 11.3 Å². The van der Waals surface area contributed by atoms with Crippen LogP contribution >= 0.6 is 0 Å². The number of benzene rings is 1. The number of anilines is 1. The molecule has 1 aromatic heterocycles. The molecule has 98 valence electrons. The van der Waals surface area contributed by atoms with E-state index in [9.17, 15) is 9.18 Å². The Morgan fingerprint density at radius 2 is 2.16 bits per heavy atom. The van der Waals surface area contributed by atoms with E-state index in [1.807, 2.05) is 18.2 Å². The van der Waals surface area contributed by atoms with Crippen molar-refractivity contribution in [1.29, 1.82) is 0 Å². The predicted octanol–water partition coefficient (Wildman–Crippen LogP) is 2.46. The number of nitrogens with zero attached hydrogens (tertiary/aromatic N) is 1. The summed E-state index contributed by atoms with van der Waals surface area (Å²) in [6, 6.07) is 9.61. The summed E-state index contributed by atoms with van der Waals surface area (Å²) >= 11 is 0. The highest BCUT2D eigenvalue weighted by Gasteiger charge is 2.08. The first kappa shape index (κ1) is 13.0. The van der Waals surface area contributed by atoms with Gasteiger partial charge in [0.1, 0.15) is 5.82 Å². The fraction of sp³-hybridized carbons (Fsp3) is 0.143. The van der Waals surface area contributed by atoms with Crippen molar-refractivity contribution in [2.24, 2.45) is 0 Å². The Bertz CT molecular complexity index is 573. The number of halogens is 1. The zero-order chi connectivity index (χ0) is 13.7. The molecule has 0 fully saturated rings. The van der Waals surface area contributed by atoms with Crippen LogP contribution in [-0.2, 0) is 17.8 Å². The van der Waals surface area contributed by atoms with Crippen LogP contribution in [0.3, 0.4) is 0 Å². The van der Waals surface area contributed by atoms with E-state index in [1.54, 1.807) is 6.20 Å². The van der Waals surface area contributed by atoms with E-state index in [0.29, 0.717) is 17.8 Å². The highest BCUT2D eigenvalue weighted by molar-refractivity contribution is 5.73. The molecular formula is C14H13FN2O2. The van der Waals surface area contributed by atoms with Crippen LogP contribution in [0.2, 0.25) is 0 Å². The molecule has 0 aliphatic rings. The molecule has 0 atom stereocenters. The zero-order valence-electron chi connectivity index (χ0n) is 10.1. The molecule has 5 heteroatoms. The summed E-state index contributed by atoms with van der Waals surface area (Å²) in [4.78, 5) is 14.9. The maximum absolute atomic E-state index is 13.1. The van der Waals surface area contributed by atoms with Gasteiger partial charge in [-0.15, -0.1) is 0 Å². The molecular weight excluding hydrogens is 247 g/mol. The highest BCUT2D eigenvalue weighted by atomic mass is 19.1. The van der Waals surface area contributed by atoms with Gasteiger partial charge in [-0.1, -0.05) is 6.07 Å². The predicted molar refractivity (Wildman–Crippen MR) is 69.3 cm³/mol. The van der Waals surface area contributed by atoms with Crippen molar-refractivity contribution < 1.29 is 14.3 Å². The Labute approximate surface area is 109 Å². The van der Waals surface area contributed by atoms with Crippen LogP contribution in [0.4, 0.5) is 10.1 Å². The van der Waals surface area contributed by atoms with Crippen LogP contribution in [0.5, 0.6) is 0 Å². The third kappa shape index (κ3) is 3.77. The van der Waals surface area contributed by atoms with Gasteiger partial charge in [-0.2, -0.15) is 0 Å². The summed E-state index contributed by atoms with van der Waals surface area (Å²) in [5.41, 5.74) is 1.85. The van der Waals surface area contributed by atoms with Crippen molar-refractivity contribution in [1.82, 2.24) is 4.98 Å². The molecule has 0 bridgehead atoms. The lowest BCUT2D eigenvalue weighted by atomic mass is 10.1. The third-order valence-corrected chi connectivity index (χ3v) is 2.60. The third-order valence-electron chi connectivity index (χ3n) is 2.60. The second-order valence-electron chi connectivity index (χ2n) is 4.05. The second kappa shape index (κ2) is 5.95. The molecule has 0 saturated heterocycles. The monoisotopic (exact) mass is 260 g/mol. The van der Waals surface area contributed by atoms with E-state index in [4.69, 9.17) is 5.11 Å². The van der Waals surface area contributed by atoms with Crippen LogP contribution in [-0.4, -0.2) is 16.1 Å². The summed E-state index contributed by atoms with van der Waals surface area (Å²) in [7, 11) is 0. The topological polar surface area (TPSA) is 62.2 Å². The molecule has 0 radical (unpaired) electrons. The zero-order valence-corrected chi connectivity index (χ0v) is 10.1. The molecule has 19 heavy (non-hydrogen) atoms. The van der Waals surface area contributed by atoms with E-state index in [0.717, 1.165) is 5.69 Å². The summed E-state index contributed by atoms with van der Waals surface area (Å²) < 4.78 is 13.1. The van der Waals surface area contributed by atoms with Crippen molar-refractivity contribution in [3.63, 3.8) is 0 Å². The van der Waals surface area contributed by atoms with E-state index >= 15 is 0 Å². The van der Waals surface area contributed by atoms with Gasteiger partial charge in [0.15, 0.2) is 0 Å². The number of aromatic nitrogens is 1. The average Bonchev–Trinajstić information content (AvgIpc) is 2.38. The largest absolute Gasteiger partial charge is 0.481 e. The number of pyridine rings is 1. The number of carboxylic acids is 1. The van der Waals surface area contributed by atoms with Crippen LogP contribution in [0, 0.1) is 5.82 Å². The van der Waals surface area contributed by atoms with Gasteiger partial charge in [0.2, 0.25) is 0 Å². The number of hydrogen-bond acceptors (Lipinski definition) is 3. The highest BCUT2D eigenvalue weighted by Crippen LogP contribution is 2.18. The molecule has 0 amide bonds. The van der Waals surface area contributed by atoms with Crippen molar-refractivity contribution >= 4 is 11.7 Å². The molecule has 2 N–H and O–H groups in total. The van der Waals surface area contributed by atoms with E-state index in [2.05, 4.69) is 10.3 Å². The molecule has 2 rings (SSSR count). The first-order valence-electron chi connectivity index (χ1n) is 5.79. The fourth-order valence-corrected chi connectivity index (χ4v) is 1.73. The Kier molecular flexibility index (Phi) is 4.07. The van der Waals surface area contributed by atoms with E-state index in [-0.39, 0.29) is 6.42 Å².